The van der Waals surface area contributed by atoms with Crippen molar-refractivity contribution in [3.8, 4) is 5.75 Å². The van der Waals surface area contributed by atoms with Crippen LogP contribution in [0.4, 0.5) is 25.8 Å². The van der Waals surface area contributed by atoms with Gasteiger partial charge < -0.3 is 20.1 Å². The number of nitro benzene ring substituents is 1. The maximum Gasteiger partial charge on any atom is 0.387 e. The summed E-state index contributed by atoms with van der Waals surface area (Å²) in [6.45, 7) is -1.82. The molecule has 2 N–H and O–H groups in total. The molecule has 0 aliphatic carbocycles. The number of halogens is 2. The summed E-state index contributed by atoms with van der Waals surface area (Å²) in [5.41, 5.74) is -0.232. The summed E-state index contributed by atoms with van der Waals surface area (Å²) in [5, 5.41) is 16.0. The zero-order valence-corrected chi connectivity index (χ0v) is 15.3. The second-order valence-corrected chi connectivity index (χ2v) is 5.65. The van der Waals surface area contributed by atoms with Crippen LogP contribution < -0.4 is 15.4 Å². The predicted octanol–water partition coefficient (Wildman–Crippen LogP) is 3.42. The highest BCUT2D eigenvalue weighted by Crippen LogP contribution is 2.26. The Balaban J connectivity index is 2.13. The highest BCUT2D eigenvalue weighted by molar-refractivity contribution is 6.00. The molecule has 0 saturated carbocycles. The SMILES string of the molecule is CNc1ccc([N+](=O)[O-])cc1C(=O)O[C@H](C)C(=O)Nc1ccccc1OC(F)F. The van der Waals surface area contributed by atoms with Gasteiger partial charge in [-0.3, -0.25) is 14.9 Å². The minimum Gasteiger partial charge on any atom is -0.449 e. The lowest BCUT2D eigenvalue weighted by atomic mass is 10.1. The van der Waals surface area contributed by atoms with Gasteiger partial charge in [0.2, 0.25) is 0 Å². The van der Waals surface area contributed by atoms with E-state index in [4.69, 9.17) is 4.74 Å². The monoisotopic (exact) mass is 409 g/mol. The van der Waals surface area contributed by atoms with Crippen LogP contribution in [0, 0.1) is 10.1 Å². The third-order valence-electron chi connectivity index (χ3n) is 3.72. The number of esters is 1. The molecule has 0 saturated heterocycles. The largest absolute Gasteiger partial charge is 0.449 e. The van der Waals surface area contributed by atoms with Crippen molar-refractivity contribution in [3.63, 3.8) is 0 Å². The molecule has 0 fully saturated rings. The maximum absolute atomic E-state index is 12.5. The van der Waals surface area contributed by atoms with Crippen LogP contribution in [0.1, 0.15) is 17.3 Å². The topological polar surface area (TPSA) is 120 Å². The number of rotatable bonds is 8. The van der Waals surface area contributed by atoms with E-state index < -0.39 is 29.5 Å². The third kappa shape index (κ3) is 5.61. The number of benzene rings is 2. The van der Waals surface area contributed by atoms with Crippen LogP contribution in [0.5, 0.6) is 5.75 Å². The van der Waals surface area contributed by atoms with Crippen molar-refractivity contribution in [2.45, 2.75) is 19.6 Å². The van der Waals surface area contributed by atoms with Crippen molar-refractivity contribution in [1.82, 2.24) is 0 Å². The quantitative estimate of drug-likeness (QED) is 0.389. The molecule has 0 heterocycles. The Morgan fingerprint density at radius 2 is 1.83 bits per heavy atom. The summed E-state index contributed by atoms with van der Waals surface area (Å²) >= 11 is 0. The standard InChI is InChI=1S/C18H17F2N3O6/c1-10(16(24)22-14-5-3-4-6-15(14)29-18(19)20)28-17(25)12-9-11(23(26)27)7-8-13(12)21-2/h3-10,18,21H,1-2H3,(H,22,24)/t10-/m1/s1. The van der Waals surface area contributed by atoms with E-state index in [1.807, 2.05) is 0 Å². The van der Waals surface area contributed by atoms with Crippen LogP contribution in [0.25, 0.3) is 0 Å². The van der Waals surface area contributed by atoms with Crippen LogP contribution in [0.15, 0.2) is 42.5 Å². The molecule has 29 heavy (non-hydrogen) atoms. The summed E-state index contributed by atoms with van der Waals surface area (Å²) in [6, 6.07) is 9.07. The number of ether oxygens (including phenoxy) is 2. The summed E-state index contributed by atoms with van der Waals surface area (Å²) in [5.74, 6) is -2.04. The number of alkyl halides is 2. The summed E-state index contributed by atoms with van der Waals surface area (Å²) < 4.78 is 34.3. The van der Waals surface area contributed by atoms with Gasteiger partial charge in [0.25, 0.3) is 11.6 Å². The van der Waals surface area contributed by atoms with Gasteiger partial charge in [-0.05, 0) is 25.1 Å². The first-order valence-corrected chi connectivity index (χ1v) is 8.24. The van der Waals surface area contributed by atoms with E-state index in [9.17, 15) is 28.5 Å². The number of hydrogen-bond acceptors (Lipinski definition) is 7. The fourth-order valence-corrected chi connectivity index (χ4v) is 2.31. The Kier molecular flexibility index (Phi) is 7.01. The first-order chi connectivity index (χ1) is 13.7. The fraction of sp³-hybridized carbons (Fsp3) is 0.222. The first-order valence-electron chi connectivity index (χ1n) is 8.24. The number of non-ortho nitro benzene ring substituents is 1. The average molecular weight is 409 g/mol. The Labute approximate surface area is 163 Å². The van der Waals surface area contributed by atoms with Crippen molar-refractivity contribution in [1.29, 1.82) is 0 Å². The van der Waals surface area contributed by atoms with E-state index in [0.29, 0.717) is 0 Å². The predicted molar refractivity (Wildman–Crippen MR) is 99.2 cm³/mol. The fourth-order valence-electron chi connectivity index (χ4n) is 2.31. The van der Waals surface area contributed by atoms with Crippen LogP contribution in [0.2, 0.25) is 0 Å². The minimum atomic E-state index is -3.09. The minimum absolute atomic E-state index is 0.0352. The molecule has 2 rings (SSSR count). The number of nitrogens with one attached hydrogen (secondary N) is 2. The average Bonchev–Trinajstić information content (AvgIpc) is 2.68. The Morgan fingerprint density at radius 3 is 2.45 bits per heavy atom. The molecule has 9 nitrogen and oxygen atoms in total. The Morgan fingerprint density at radius 1 is 1.14 bits per heavy atom. The van der Waals surface area contributed by atoms with E-state index in [2.05, 4.69) is 15.4 Å². The number of anilines is 2. The summed E-state index contributed by atoms with van der Waals surface area (Å²) in [6.07, 6.45) is -1.33. The van der Waals surface area contributed by atoms with Gasteiger partial charge in [0.05, 0.1) is 16.2 Å². The summed E-state index contributed by atoms with van der Waals surface area (Å²) in [4.78, 5) is 34.9. The Hall–Kier alpha value is -3.76. The van der Waals surface area contributed by atoms with Crippen molar-refractivity contribution >= 4 is 28.9 Å². The maximum atomic E-state index is 12.5. The Bertz CT molecular complexity index is 922. The normalized spacial score (nSPS) is 11.5. The van der Waals surface area contributed by atoms with E-state index >= 15 is 0 Å². The molecule has 0 bridgehead atoms. The number of hydrogen-bond donors (Lipinski definition) is 2. The number of amides is 1. The lowest BCUT2D eigenvalue weighted by molar-refractivity contribution is -0.384. The first kappa shape index (κ1) is 21.5. The van der Waals surface area contributed by atoms with Crippen molar-refractivity contribution < 1.29 is 32.8 Å². The molecule has 1 amide bonds. The molecule has 0 aliphatic heterocycles. The molecular weight excluding hydrogens is 392 g/mol. The molecule has 0 unspecified atom stereocenters. The molecule has 0 aromatic heterocycles. The zero-order chi connectivity index (χ0) is 21.6. The van der Waals surface area contributed by atoms with Gasteiger partial charge in [0, 0.05) is 24.9 Å². The number of nitrogens with zero attached hydrogens (tertiary/aromatic N) is 1. The van der Waals surface area contributed by atoms with Gasteiger partial charge in [-0.2, -0.15) is 8.78 Å². The van der Waals surface area contributed by atoms with Gasteiger partial charge in [0.15, 0.2) is 6.10 Å². The van der Waals surface area contributed by atoms with E-state index in [-0.39, 0.29) is 28.4 Å². The van der Waals surface area contributed by atoms with E-state index in [1.54, 1.807) is 0 Å². The molecular formula is C18H17F2N3O6. The number of para-hydroxylation sites is 2. The van der Waals surface area contributed by atoms with Crippen LogP contribution in [-0.4, -0.2) is 36.6 Å². The highest BCUT2D eigenvalue weighted by atomic mass is 19.3. The van der Waals surface area contributed by atoms with E-state index in [0.717, 1.165) is 6.07 Å². The lowest BCUT2D eigenvalue weighted by Gasteiger charge is -2.16. The second-order valence-electron chi connectivity index (χ2n) is 5.65. The van der Waals surface area contributed by atoms with Crippen molar-refractivity contribution in [2.24, 2.45) is 0 Å². The zero-order valence-electron chi connectivity index (χ0n) is 15.3. The van der Waals surface area contributed by atoms with E-state index in [1.165, 1.54) is 50.4 Å². The molecule has 0 spiro atoms. The van der Waals surface area contributed by atoms with Crippen LogP contribution >= 0.6 is 0 Å². The van der Waals surface area contributed by atoms with Crippen LogP contribution in [0.3, 0.4) is 0 Å². The van der Waals surface area contributed by atoms with Gasteiger partial charge in [-0.15, -0.1) is 0 Å². The van der Waals surface area contributed by atoms with Gasteiger partial charge >= 0.3 is 12.6 Å². The van der Waals surface area contributed by atoms with Crippen molar-refractivity contribution in [2.75, 3.05) is 17.7 Å². The molecule has 2 aromatic rings. The molecule has 11 heteroatoms. The van der Waals surface area contributed by atoms with Gasteiger partial charge in [-0.25, -0.2) is 4.79 Å². The molecule has 0 radical (unpaired) electrons. The molecule has 154 valence electrons. The number of carbonyl (C=O) groups excluding carboxylic acids is 2. The van der Waals surface area contributed by atoms with Crippen LogP contribution in [-0.2, 0) is 9.53 Å². The second kappa shape index (κ2) is 9.44. The summed E-state index contributed by atoms with van der Waals surface area (Å²) in [7, 11) is 1.51. The smallest absolute Gasteiger partial charge is 0.387 e. The molecule has 1 atom stereocenters. The van der Waals surface area contributed by atoms with Crippen molar-refractivity contribution in [3.05, 3.63) is 58.1 Å². The molecule has 0 aliphatic rings. The van der Waals surface area contributed by atoms with Gasteiger partial charge in [-0.1, -0.05) is 12.1 Å². The lowest BCUT2D eigenvalue weighted by Crippen LogP contribution is -2.30. The highest BCUT2D eigenvalue weighted by Gasteiger charge is 2.24. The van der Waals surface area contributed by atoms with Gasteiger partial charge in [0.1, 0.15) is 5.75 Å². The molecule has 2 aromatic carbocycles. The number of carbonyl (C=O) groups is 2. The third-order valence-corrected chi connectivity index (χ3v) is 3.72. The number of nitro groups is 1.